The van der Waals surface area contributed by atoms with Crippen molar-refractivity contribution in [2.75, 3.05) is 6.61 Å². The van der Waals surface area contributed by atoms with Gasteiger partial charge in [0.1, 0.15) is 12.6 Å². The fourth-order valence-electron chi connectivity index (χ4n) is 4.82. The first-order valence-electron chi connectivity index (χ1n) is 13.2. The van der Waals surface area contributed by atoms with Crippen LogP contribution in [-0.2, 0) is 24.2 Å². The van der Waals surface area contributed by atoms with Crippen molar-refractivity contribution >= 4 is 27.8 Å². The second kappa shape index (κ2) is 12.8. The fraction of sp³-hybridized carbons (Fsp3) is 0.258. The summed E-state index contributed by atoms with van der Waals surface area (Å²) in [6.07, 6.45) is -0.223. The van der Waals surface area contributed by atoms with E-state index in [2.05, 4.69) is 10.6 Å². The smallest absolute Gasteiger partial charge is 0.407 e. The quantitative estimate of drug-likeness (QED) is 0.306. The lowest BCUT2D eigenvalue weighted by Gasteiger charge is -2.24. The van der Waals surface area contributed by atoms with Crippen LogP contribution in [0.25, 0.3) is 11.1 Å². The predicted molar refractivity (Wildman–Crippen MR) is 154 cm³/mol. The van der Waals surface area contributed by atoms with Crippen LogP contribution in [0.2, 0.25) is 0 Å². The average molecular weight is 577 g/mol. The molecule has 3 aromatic carbocycles. The molecule has 9 nitrogen and oxygen atoms in total. The summed E-state index contributed by atoms with van der Waals surface area (Å²) >= 11 is 0. The molecule has 0 saturated heterocycles. The molecule has 4 rings (SSSR count). The van der Waals surface area contributed by atoms with Crippen molar-refractivity contribution in [1.29, 1.82) is 0 Å². The number of amides is 2. The van der Waals surface area contributed by atoms with E-state index >= 15 is 0 Å². The van der Waals surface area contributed by atoms with Gasteiger partial charge in [0.05, 0.1) is 17.4 Å². The lowest BCUT2D eigenvalue weighted by Crippen LogP contribution is -2.52. The summed E-state index contributed by atoms with van der Waals surface area (Å²) in [5.74, 6) is -2.43. The average Bonchev–Trinajstić information content (AvgIpc) is 3.27. The molecular formula is C31H32N2O7S. The molecule has 0 fully saturated rings. The van der Waals surface area contributed by atoms with Gasteiger partial charge in [-0.1, -0.05) is 80.6 Å². The second-order valence-electron chi connectivity index (χ2n) is 10.1. The van der Waals surface area contributed by atoms with Gasteiger partial charge in [-0.3, -0.25) is 9.59 Å². The highest BCUT2D eigenvalue weighted by atomic mass is 32.2. The van der Waals surface area contributed by atoms with Crippen molar-refractivity contribution in [3.63, 3.8) is 0 Å². The van der Waals surface area contributed by atoms with E-state index in [1.807, 2.05) is 48.5 Å². The van der Waals surface area contributed by atoms with Crippen LogP contribution in [0.5, 0.6) is 0 Å². The van der Waals surface area contributed by atoms with E-state index in [1.165, 1.54) is 12.1 Å². The lowest BCUT2D eigenvalue weighted by molar-refractivity contribution is -0.137. The number of carbonyl (C=O) groups is 3. The molecule has 2 atom stereocenters. The van der Waals surface area contributed by atoms with E-state index in [9.17, 15) is 27.9 Å². The zero-order valence-corrected chi connectivity index (χ0v) is 23.5. The van der Waals surface area contributed by atoms with E-state index < -0.39 is 46.3 Å². The number of hydrogen-bond acceptors (Lipinski definition) is 6. The summed E-state index contributed by atoms with van der Waals surface area (Å²) in [5, 5.41) is 15.3. The summed E-state index contributed by atoms with van der Waals surface area (Å²) in [6, 6.07) is 21.3. The van der Waals surface area contributed by atoms with Gasteiger partial charge in [-0.25, -0.2) is 13.2 Å². The van der Waals surface area contributed by atoms with Gasteiger partial charge >= 0.3 is 12.1 Å². The summed E-state index contributed by atoms with van der Waals surface area (Å²) in [7, 11) is -3.86. The predicted octanol–water partition coefficient (Wildman–Crippen LogP) is 4.50. The molecule has 3 aromatic rings. The fourth-order valence-corrected chi connectivity index (χ4v) is 5.91. The molecular weight excluding hydrogens is 544 g/mol. The van der Waals surface area contributed by atoms with Crippen molar-refractivity contribution in [1.82, 2.24) is 10.6 Å². The van der Waals surface area contributed by atoms with Gasteiger partial charge in [0.15, 0.2) is 9.84 Å². The van der Waals surface area contributed by atoms with Crippen LogP contribution >= 0.6 is 0 Å². The van der Waals surface area contributed by atoms with Crippen LogP contribution < -0.4 is 10.6 Å². The van der Waals surface area contributed by atoms with Crippen LogP contribution in [0.3, 0.4) is 0 Å². The van der Waals surface area contributed by atoms with Crippen LogP contribution in [0.4, 0.5) is 4.79 Å². The number of sulfone groups is 1. The SMILES string of the molecule is CC(C)[C@H](NC(=O)OCC1c2ccccc2-c2ccccc21)C(=O)N[C@H](/C=C/S(=O)(=O)c1ccccc1)CC(=O)O. The standard InChI is InChI=1S/C31H32N2O7S/c1-20(2)29(30(36)32-21(18-28(34)35)16-17-41(38,39)22-10-4-3-5-11-22)33-31(37)40-19-27-25-14-8-6-12-23(25)24-13-7-9-15-26(24)27/h3-17,20-21,27,29H,18-19H2,1-2H3,(H,32,36)(H,33,37)(H,34,35)/b17-16+/t21-,29+/m1/s1. The molecule has 0 aliphatic heterocycles. The van der Waals surface area contributed by atoms with Crippen molar-refractivity contribution in [3.05, 3.63) is 101 Å². The molecule has 10 heteroatoms. The van der Waals surface area contributed by atoms with Crippen LogP contribution in [-0.4, -0.2) is 50.2 Å². The van der Waals surface area contributed by atoms with E-state index in [4.69, 9.17) is 4.74 Å². The molecule has 0 radical (unpaired) electrons. The third-order valence-electron chi connectivity index (χ3n) is 6.85. The third kappa shape index (κ3) is 7.20. The molecule has 2 amide bonds. The van der Waals surface area contributed by atoms with Crippen molar-refractivity contribution in [3.8, 4) is 11.1 Å². The Kier molecular flexibility index (Phi) is 9.24. The van der Waals surface area contributed by atoms with E-state index in [-0.39, 0.29) is 23.3 Å². The number of nitrogens with one attached hydrogen (secondary N) is 2. The number of alkyl carbamates (subject to hydrolysis) is 1. The first kappa shape index (κ1) is 29.5. The summed E-state index contributed by atoms with van der Waals surface area (Å²) in [6.45, 7) is 3.50. The number of carboxylic acids is 1. The number of hydrogen-bond donors (Lipinski definition) is 3. The van der Waals surface area contributed by atoms with Crippen molar-refractivity contribution in [2.24, 2.45) is 5.92 Å². The normalized spacial score (nSPS) is 14.2. The summed E-state index contributed by atoms with van der Waals surface area (Å²) in [5.41, 5.74) is 4.27. The van der Waals surface area contributed by atoms with Crippen LogP contribution in [0.15, 0.2) is 95.2 Å². The van der Waals surface area contributed by atoms with Gasteiger partial charge < -0.3 is 20.5 Å². The highest BCUT2D eigenvalue weighted by Crippen LogP contribution is 2.44. The zero-order chi connectivity index (χ0) is 29.6. The number of benzene rings is 3. The van der Waals surface area contributed by atoms with Gasteiger partial charge in [-0.15, -0.1) is 0 Å². The molecule has 0 saturated carbocycles. The van der Waals surface area contributed by atoms with Crippen molar-refractivity contribution in [2.45, 2.75) is 43.2 Å². The molecule has 0 unspecified atom stereocenters. The Bertz CT molecular complexity index is 1510. The summed E-state index contributed by atoms with van der Waals surface area (Å²) in [4.78, 5) is 37.4. The molecule has 0 heterocycles. The minimum atomic E-state index is -3.86. The number of fused-ring (bicyclic) bond motifs is 3. The van der Waals surface area contributed by atoms with Gasteiger partial charge in [0.2, 0.25) is 5.91 Å². The molecule has 0 bridgehead atoms. The second-order valence-corrected chi connectivity index (χ2v) is 11.9. The highest BCUT2D eigenvalue weighted by molar-refractivity contribution is 7.94. The molecule has 3 N–H and O–H groups in total. The molecule has 1 aliphatic rings. The Morgan fingerprint density at radius 2 is 1.44 bits per heavy atom. The Labute approximate surface area is 239 Å². The number of aliphatic carboxylic acids is 1. The maximum atomic E-state index is 13.1. The molecule has 214 valence electrons. The lowest BCUT2D eigenvalue weighted by atomic mass is 9.98. The Morgan fingerprint density at radius 1 is 0.878 bits per heavy atom. The topological polar surface area (TPSA) is 139 Å². The minimum Gasteiger partial charge on any atom is -0.481 e. The van der Waals surface area contributed by atoms with E-state index in [1.54, 1.807) is 32.0 Å². The maximum Gasteiger partial charge on any atom is 0.407 e. The monoisotopic (exact) mass is 576 g/mol. The van der Waals surface area contributed by atoms with Crippen molar-refractivity contribution < 1.29 is 32.6 Å². The minimum absolute atomic E-state index is 0.0358. The number of rotatable bonds is 11. The van der Waals surface area contributed by atoms with Gasteiger partial charge in [-0.05, 0) is 46.4 Å². The first-order chi connectivity index (χ1) is 19.6. The largest absolute Gasteiger partial charge is 0.481 e. The molecule has 0 spiro atoms. The van der Waals surface area contributed by atoms with Gasteiger partial charge in [-0.2, -0.15) is 0 Å². The third-order valence-corrected chi connectivity index (χ3v) is 8.29. The van der Waals surface area contributed by atoms with Gasteiger partial charge in [0.25, 0.3) is 0 Å². The number of carbonyl (C=O) groups excluding carboxylic acids is 2. The van der Waals surface area contributed by atoms with E-state index in [0.29, 0.717) is 0 Å². The van der Waals surface area contributed by atoms with Crippen LogP contribution in [0.1, 0.15) is 37.3 Å². The maximum absolute atomic E-state index is 13.1. The van der Waals surface area contributed by atoms with Gasteiger partial charge in [0, 0.05) is 11.3 Å². The Hall–Kier alpha value is -4.44. The Morgan fingerprint density at radius 3 is 2.00 bits per heavy atom. The molecule has 1 aliphatic carbocycles. The van der Waals surface area contributed by atoms with Crippen LogP contribution in [0, 0.1) is 5.92 Å². The highest BCUT2D eigenvalue weighted by Gasteiger charge is 2.31. The summed E-state index contributed by atoms with van der Waals surface area (Å²) < 4.78 is 30.8. The number of ether oxygens (including phenoxy) is 1. The Balaban J connectivity index is 1.42. The molecule has 0 aromatic heterocycles. The number of carboxylic acid groups (broad SMARTS) is 1. The first-order valence-corrected chi connectivity index (χ1v) is 14.7. The zero-order valence-electron chi connectivity index (χ0n) is 22.7. The molecule has 41 heavy (non-hydrogen) atoms. The van der Waals surface area contributed by atoms with E-state index in [0.717, 1.165) is 33.7 Å².